The van der Waals surface area contributed by atoms with Gasteiger partial charge in [-0.3, -0.25) is 51.5 Å². The highest BCUT2D eigenvalue weighted by Crippen LogP contribution is 2.34. The molecule has 0 bridgehead atoms. The zero-order valence-electron chi connectivity index (χ0n) is 80.1. The van der Waals surface area contributed by atoms with E-state index >= 15 is 0 Å². The van der Waals surface area contributed by atoms with E-state index < -0.39 is 62.0 Å². The third-order valence-electron chi connectivity index (χ3n) is 22.0. The first kappa shape index (κ1) is 102. The van der Waals surface area contributed by atoms with Crippen LogP contribution in [0, 0.1) is 0 Å². The van der Waals surface area contributed by atoms with E-state index in [1.165, 1.54) is 34.5 Å². The number of halogens is 1. The van der Waals surface area contributed by atoms with Crippen molar-refractivity contribution in [2.75, 3.05) is 56.6 Å². The number of hydrazine groups is 2. The second-order valence-corrected chi connectivity index (χ2v) is 42.7. The van der Waals surface area contributed by atoms with Gasteiger partial charge < -0.3 is 15.6 Å². The Balaban J connectivity index is 0.000000144. The molecule has 2 aliphatic rings. The molecule has 0 spiro atoms. The predicted molar refractivity (Wildman–Crippen MR) is 551 cm³/mol. The standard InChI is InChI=1S/C26H25N7O3S.C25H25N7O3S.C23H26ClN7O4S.C21H25N9O4S/c1-26(2,3)20-14-22(29-23(34)28-21-13-10-17-6-4-5-7-19(17)27-21)33(31-20)18-11-8-16(9-12-18)15-32-24(35)30-25(36)37-32;1-25(2,3)20-13-21(28-22(33)27-17-6-9-19-16(12-17)10-11-26-19)32(30-20)18-7-4-15(5-8-18)14-31-23(34)29-24(35)36-31;1-23(2,3)19-13-20(26-21(32)25-17-9-7-16(24)8-10-17)31(27-19)18-11-5-15(6-12-18)14-30-29(4)22(33)28-36(30,34)35;1-21(2,3)16-11-18(25-19(31)24-17-9-10-22-13-23-17)30(26-16)15-7-5-14(6-8-15)12-29-28(4)20(32)27-35(29,33)34/h4-14H,15H2,1-3H3,(H,30,35,36)(H2,27,28,29,34);4-13,26H,14H2,1-3H3,(H2,27,28,33)(H,29,34,35);5-13H,14H2,1-4H3,(H,28,33)(H2,25,26,32);5-11,13H,12H2,1-4H3,(H,27,32)(H2,22,23,24,25,31). The minimum absolute atomic E-state index is 0.0290. The smallest absolute Gasteiger partial charge is 0.347 e. The molecule has 12 amide bonds. The van der Waals surface area contributed by atoms with Gasteiger partial charge in [-0.05, 0) is 144 Å². The highest BCUT2D eigenvalue weighted by atomic mass is 35.5. The van der Waals surface area contributed by atoms with Crippen LogP contribution in [0.4, 0.5) is 75.0 Å². The third-order valence-corrected chi connectivity index (χ3v) is 26.5. The van der Waals surface area contributed by atoms with Gasteiger partial charge in [-0.15, -0.1) is 0 Å². The molecule has 0 aliphatic carbocycles. The number of pyridine rings is 1. The average Bonchev–Trinajstić information content (AvgIpc) is 1.64. The van der Waals surface area contributed by atoms with Crippen LogP contribution in [-0.4, -0.2) is 163 Å². The van der Waals surface area contributed by atoms with Gasteiger partial charge in [0.2, 0.25) is 0 Å². The van der Waals surface area contributed by atoms with Crippen molar-refractivity contribution >= 4 is 159 Å². The topological polar surface area (TPSA) is 539 Å². The number of rotatable bonds is 20. The lowest BCUT2D eigenvalue weighted by Gasteiger charge is -2.20. The van der Waals surface area contributed by atoms with Crippen molar-refractivity contribution in [3.8, 4) is 22.7 Å². The number of urea groups is 6. The third kappa shape index (κ3) is 25.1. The monoisotopic (exact) mass is 2050 g/mol. The van der Waals surface area contributed by atoms with E-state index in [4.69, 9.17) is 21.8 Å². The molecule has 2 aliphatic heterocycles. The van der Waals surface area contributed by atoms with Crippen molar-refractivity contribution in [1.29, 1.82) is 0 Å². The van der Waals surface area contributed by atoms with Crippen LogP contribution in [0.25, 0.3) is 44.6 Å². The number of carbonyl (C=O) groups excluding carboxylic acids is 6. The quantitative estimate of drug-likeness (QED) is 0.0337. The maximum absolute atomic E-state index is 12.9. The van der Waals surface area contributed by atoms with Crippen molar-refractivity contribution in [2.24, 2.45) is 0 Å². The van der Waals surface area contributed by atoms with E-state index in [9.17, 15) is 64.8 Å². The van der Waals surface area contributed by atoms with Gasteiger partial charge in [-0.1, -0.05) is 170 Å². The van der Waals surface area contributed by atoms with Crippen molar-refractivity contribution < 1.29 is 45.6 Å². The number of amides is 12. The van der Waals surface area contributed by atoms with Crippen LogP contribution in [0.5, 0.6) is 0 Å². The first-order valence-electron chi connectivity index (χ1n) is 44.4. The van der Waals surface area contributed by atoms with Gasteiger partial charge in [0, 0.05) is 128 Å². The molecular formula is C95H101ClN30O14S4. The first-order valence-corrected chi connectivity index (χ1v) is 49.2. The van der Waals surface area contributed by atoms with Crippen molar-refractivity contribution in [1.82, 2.24) is 105 Å². The van der Waals surface area contributed by atoms with Gasteiger partial charge in [0.25, 0.3) is 0 Å². The summed E-state index contributed by atoms with van der Waals surface area (Å²) in [5.41, 5.74) is 10.1. The largest absolute Gasteiger partial charge is 0.361 e. The molecule has 18 rings (SSSR count). The summed E-state index contributed by atoms with van der Waals surface area (Å²) in [6, 6.07) is 60.1. The molecule has 9 aromatic heterocycles. The number of nitrogens with one attached hydrogen (secondary N) is 13. The lowest BCUT2D eigenvalue weighted by molar-refractivity contribution is 0.132. The van der Waals surface area contributed by atoms with Crippen LogP contribution in [-0.2, 0) is 68.3 Å². The highest BCUT2D eigenvalue weighted by molar-refractivity contribution is 7.88. The first-order chi connectivity index (χ1) is 68.1. The van der Waals surface area contributed by atoms with Crippen molar-refractivity contribution in [3.63, 3.8) is 0 Å². The van der Waals surface area contributed by atoms with Crippen LogP contribution in [0.2, 0.25) is 5.02 Å². The second kappa shape index (κ2) is 41.7. The predicted octanol–water partition coefficient (Wildman–Crippen LogP) is 14.9. The molecule has 2 fully saturated rings. The number of fused-ring (bicyclic) bond motifs is 2. The van der Waals surface area contributed by atoms with E-state index in [1.54, 1.807) is 116 Å². The Morgan fingerprint density at radius 2 is 0.757 bits per heavy atom. The fourth-order valence-electron chi connectivity index (χ4n) is 14.2. The van der Waals surface area contributed by atoms with Gasteiger partial charge >= 0.3 is 77.7 Å². The van der Waals surface area contributed by atoms with Gasteiger partial charge in [-0.2, -0.15) is 37.2 Å². The summed E-state index contributed by atoms with van der Waals surface area (Å²) < 4.78 is 63.6. The van der Waals surface area contributed by atoms with Crippen molar-refractivity contribution in [3.05, 3.63) is 321 Å². The number of nitrogens with zero attached hydrogens (tertiary/aromatic N) is 17. The summed E-state index contributed by atoms with van der Waals surface area (Å²) >= 11 is 7.59. The molecule has 44 nitrogen and oxygen atoms in total. The normalized spacial score (nSPS) is 13.6. The fourth-order valence-corrected chi connectivity index (χ4v) is 18.0. The Morgan fingerprint density at radius 3 is 1.12 bits per heavy atom. The number of benzene rings is 7. The molecule has 11 heterocycles. The number of para-hydroxylation sites is 1. The Kier molecular flexibility index (Phi) is 29.5. The van der Waals surface area contributed by atoms with Crippen LogP contribution < -0.4 is 73.1 Å². The molecule has 144 heavy (non-hydrogen) atoms. The number of aromatic nitrogens is 16. The summed E-state index contributed by atoms with van der Waals surface area (Å²) in [6.45, 7) is 24.9. The molecule has 7 aromatic carbocycles. The summed E-state index contributed by atoms with van der Waals surface area (Å²) in [5, 5.41) is 45.9. The summed E-state index contributed by atoms with van der Waals surface area (Å²) in [4.78, 5) is 140. The Bertz CT molecular complexity index is 7980. The van der Waals surface area contributed by atoms with E-state index in [0.717, 1.165) is 109 Å². The molecule has 0 saturated carbocycles. The van der Waals surface area contributed by atoms with Crippen LogP contribution in [0.3, 0.4) is 0 Å². The summed E-state index contributed by atoms with van der Waals surface area (Å²) in [6.07, 6.45) is 4.70. The SMILES string of the molecule is CC(C)(C)c1cc(NC(=O)Nc2ccc3[nH]ccc3c2)n(-c2ccc(Cn3sc(=O)[nH]c3=O)cc2)n1.CC(C)(C)c1cc(NC(=O)Nc2ccc3ccccc3n2)n(-c2ccc(Cn3sc(=O)[nH]c3=O)cc2)n1.CN1C(=O)NS(=O)(=O)N1Cc1ccc(-n2nc(C(C)(C)C)cc2NC(=O)Nc2ccc(Cl)cc2)cc1.CN1C(=O)NS(=O)(=O)N1Cc1ccc(-n2nc(C(C)(C)C)cc2NC(=O)Nc2ccncn2)cc1. The molecule has 49 heteroatoms. The molecular weight excluding hydrogens is 1950 g/mol. The number of aromatic amines is 3. The molecule has 2 saturated heterocycles. The number of H-pyrrole nitrogens is 3. The zero-order valence-corrected chi connectivity index (χ0v) is 84.1. The summed E-state index contributed by atoms with van der Waals surface area (Å²) in [5.74, 6) is 2.69. The molecule has 0 unspecified atom stereocenters. The lowest BCUT2D eigenvalue weighted by atomic mass is 9.92. The second-order valence-electron chi connectivity index (χ2n) is 37.1. The van der Waals surface area contributed by atoms with Crippen molar-refractivity contribution in [2.45, 2.75) is 131 Å². The Hall–Kier alpha value is -16.5. The van der Waals surface area contributed by atoms with Crippen LogP contribution >= 0.6 is 34.7 Å². The molecule has 0 radical (unpaired) electrons. The fraction of sp³-hybridized carbons (Fsp3) is 0.232. The van der Waals surface area contributed by atoms with Gasteiger partial charge in [-0.25, -0.2) is 99.4 Å². The van der Waals surface area contributed by atoms with E-state index in [1.807, 2.05) is 193 Å². The minimum atomic E-state index is -3.93. The zero-order chi connectivity index (χ0) is 103. The maximum atomic E-state index is 12.9. The Morgan fingerprint density at radius 1 is 0.389 bits per heavy atom. The molecule has 16 aromatic rings. The van der Waals surface area contributed by atoms with E-state index in [-0.39, 0.29) is 63.6 Å². The molecule has 13 N–H and O–H groups in total. The Labute approximate surface area is 836 Å². The van der Waals surface area contributed by atoms with Gasteiger partial charge in [0.1, 0.15) is 41.2 Å². The highest BCUT2D eigenvalue weighted by Gasteiger charge is 2.41. The average molecular weight is 2050 g/mol. The van der Waals surface area contributed by atoms with Crippen LogP contribution in [0.15, 0.2) is 250 Å². The number of carbonyl (C=O) groups is 6. The number of anilines is 8. The number of hydrogen-bond donors (Lipinski definition) is 13. The minimum Gasteiger partial charge on any atom is -0.361 e. The van der Waals surface area contributed by atoms with E-state index in [2.05, 4.69) is 103 Å². The molecule has 0 atom stereocenters. The molecule has 746 valence electrons. The van der Waals surface area contributed by atoms with Crippen LogP contribution in [0.1, 0.15) is 128 Å². The maximum Gasteiger partial charge on any atom is 0.347 e. The van der Waals surface area contributed by atoms with Gasteiger partial charge in [0.15, 0.2) is 0 Å². The summed E-state index contributed by atoms with van der Waals surface area (Å²) in [7, 11) is -5.11. The van der Waals surface area contributed by atoms with Gasteiger partial charge in [0.05, 0.1) is 77.2 Å². The number of hydrogen-bond acceptors (Lipinski definition) is 23. The van der Waals surface area contributed by atoms with E-state index in [0.29, 0.717) is 73.8 Å². The lowest BCUT2D eigenvalue weighted by Crippen LogP contribution is -2.36.